The number of fused-ring (bicyclic) bond motifs is 1. The largest absolute Gasteiger partial charge is 0.396 e. The molecule has 3 fully saturated rings. The van der Waals surface area contributed by atoms with Crippen LogP contribution in [0.25, 0.3) is 0 Å². The lowest BCUT2D eigenvalue weighted by Crippen LogP contribution is -2.53. The highest BCUT2D eigenvalue weighted by Crippen LogP contribution is 2.71. The van der Waals surface area contributed by atoms with Gasteiger partial charge in [0.1, 0.15) is 6.04 Å². The highest BCUT2D eigenvalue weighted by atomic mass is 32.2. The maximum absolute atomic E-state index is 14.0. The average Bonchev–Trinajstić information content (AvgIpc) is 3.45. The number of thioether (sulfide) groups is 1. The van der Waals surface area contributed by atoms with Crippen LogP contribution in [-0.4, -0.2) is 56.4 Å². The summed E-state index contributed by atoms with van der Waals surface area (Å²) in [5.41, 5.74) is 1.70. The third-order valence-electron chi connectivity index (χ3n) is 7.97. The Balaban J connectivity index is 1.44. The number of hydrogen-bond acceptors (Lipinski definition) is 5. The molecule has 8 heteroatoms. The number of aliphatic hydroxyl groups is 1. The Morgan fingerprint density at radius 3 is 2.42 bits per heavy atom. The van der Waals surface area contributed by atoms with E-state index < -0.39 is 27.4 Å². The first kappa shape index (κ1) is 24.8. The van der Waals surface area contributed by atoms with E-state index in [1.54, 1.807) is 16.7 Å². The molecule has 0 aliphatic carbocycles. The summed E-state index contributed by atoms with van der Waals surface area (Å²) in [5.74, 6) is -1.50. The van der Waals surface area contributed by atoms with E-state index in [4.69, 9.17) is 0 Å². The Bertz CT molecular complexity index is 1130. The van der Waals surface area contributed by atoms with Gasteiger partial charge in [-0.25, -0.2) is 0 Å². The molecule has 3 N–H and O–H groups in total. The molecule has 7 nitrogen and oxygen atoms in total. The van der Waals surface area contributed by atoms with Crippen molar-refractivity contribution >= 4 is 35.2 Å². The summed E-state index contributed by atoms with van der Waals surface area (Å²) in [6.45, 7) is 2.89. The molecule has 2 aromatic carbocycles. The Morgan fingerprint density at radius 2 is 1.72 bits per heavy atom. The topological polar surface area (TPSA) is 98.7 Å². The number of para-hydroxylation sites is 1. The van der Waals surface area contributed by atoms with E-state index >= 15 is 0 Å². The fourth-order valence-corrected chi connectivity index (χ4v) is 8.74. The van der Waals surface area contributed by atoms with Crippen LogP contribution >= 0.6 is 11.8 Å². The standard InChI is InChI=1S/C28H33N3O4S/c1-27-14-15-28(36-27)22(21(27)24(33)30-20-12-6-3-7-13-20)26(35)31(16-8-9-17-32)23(28)25(34)29-18-19-10-4-2-5-11-19/h2-7,10-13,21-23,32H,8-9,14-18H2,1H3,(H,29,34)(H,30,33)/t21-,22-,23?,27+,28?/m0/s1. The van der Waals surface area contributed by atoms with Crippen molar-refractivity contribution in [3.05, 3.63) is 66.2 Å². The molecule has 2 aromatic rings. The number of aliphatic hydroxyl groups excluding tert-OH is 1. The average molecular weight is 508 g/mol. The number of likely N-dealkylation sites (tertiary alicyclic amines) is 1. The lowest BCUT2D eigenvalue weighted by atomic mass is 9.66. The molecule has 5 atom stereocenters. The zero-order chi connectivity index (χ0) is 25.3. The summed E-state index contributed by atoms with van der Waals surface area (Å²) < 4.78 is -1.04. The number of amides is 3. The van der Waals surface area contributed by atoms with E-state index in [1.165, 1.54) is 0 Å². The van der Waals surface area contributed by atoms with Crippen LogP contribution in [0.3, 0.4) is 0 Å². The number of nitrogens with one attached hydrogen (secondary N) is 2. The number of unbranched alkanes of at least 4 members (excludes halogenated alkanes) is 1. The van der Waals surface area contributed by atoms with Crippen LogP contribution in [0.5, 0.6) is 0 Å². The molecule has 3 saturated heterocycles. The molecule has 0 radical (unpaired) electrons. The molecule has 2 unspecified atom stereocenters. The van der Waals surface area contributed by atoms with Crippen molar-refractivity contribution in [3.8, 4) is 0 Å². The molecule has 3 aliphatic heterocycles. The molecule has 2 bridgehead atoms. The Kier molecular flexibility index (Phi) is 6.83. The van der Waals surface area contributed by atoms with Crippen LogP contribution in [0, 0.1) is 11.8 Å². The summed E-state index contributed by atoms with van der Waals surface area (Å²) in [5, 5.41) is 15.4. The van der Waals surface area contributed by atoms with E-state index in [9.17, 15) is 19.5 Å². The van der Waals surface area contributed by atoms with Crippen LogP contribution in [0.1, 0.15) is 38.2 Å². The Hall–Kier alpha value is -2.84. The van der Waals surface area contributed by atoms with E-state index in [0.717, 1.165) is 18.4 Å². The van der Waals surface area contributed by atoms with Gasteiger partial charge in [-0.15, -0.1) is 11.8 Å². The number of carbonyl (C=O) groups excluding carboxylic acids is 3. The second-order valence-electron chi connectivity index (χ2n) is 10.2. The van der Waals surface area contributed by atoms with Crippen molar-refractivity contribution < 1.29 is 19.5 Å². The van der Waals surface area contributed by atoms with Gasteiger partial charge in [0.15, 0.2) is 0 Å². The van der Waals surface area contributed by atoms with Crippen LogP contribution in [0.2, 0.25) is 0 Å². The van der Waals surface area contributed by atoms with E-state index in [-0.39, 0.29) is 24.3 Å². The third-order valence-corrected chi connectivity index (χ3v) is 9.95. The van der Waals surface area contributed by atoms with Gasteiger partial charge in [0, 0.05) is 30.1 Å². The molecule has 190 valence electrons. The van der Waals surface area contributed by atoms with Crippen LogP contribution in [0.15, 0.2) is 60.7 Å². The molecule has 0 aromatic heterocycles. The number of rotatable bonds is 9. The van der Waals surface area contributed by atoms with Gasteiger partial charge in [-0.05, 0) is 50.3 Å². The Labute approximate surface area is 216 Å². The normalized spacial score (nSPS) is 30.3. The van der Waals surface area contributed by atoms with Gasteiger partial charge < -0.3 is 20.6 Å². The lowest BCUT2D eigenvalue weighted by molar-refractivity contribution is -0.139. The lowest BCUT2D eigenvalue weighted by Gasteiger charge is -2.34. The molecular formula is C28H33N3O4S. The van der Waals surface area contributed by atoms with Crippen molar-refractivity contribution in [1.29, 1.82) is 0 Å². The van der Waals surface area contributed by atoms with Gasteiger partial charge >= 0.3 is 0 Å². The predicted octanol–water partition coefficient (Wildman–Crippen LogP) is 3.20. The number of benzene rings is 2. The fraction of sp³-hybridized carbons (Fsp3) is 0.464. The van der Waals surface area contributed by atoms with Gasteiger partial charge in [-0.1, -0.05) is 48.5 Å². The molecule has 3 aliphatic rings. The zero-order valence-corrected chi connectivity index (χ0v) is 21.3. The Morgan fingerprint density at radius 1 is 1.03 bits per heavy atom. The van der Waals surface area contributed by atoms with Crippen molar-refractivity contribution in [3.63, 3.8) is 0 Å². The minimum absolute atomic E-state index is 0.0381. The molecule has 5 rings (SSSR count). The number of nitrogens with zero attached hydrogens (tertiary/aromatic N) is 1. The number of anilines is 1. The zero-order valence-electron chi connectivity index (χ0n) is 20.5. The van der Waals surface area contributed by atoms with Gasteiger partial charge in [0.25, 0.3) is 0 Å². The second-order valence-corrected chi connectivity index (χ2v) is 12.1. The fourth-order valence-electron chi connectivity index (χ4n) is 6.38. The third kappa shape index (κ3) is 4.20. The molecular weight excluding hydrogens is 474 g/mol. The van der Waals surface area contributed by atoms with Gasteiger partial charge in [-0.3, -0.25) is 14.4 Å². The van der Waals surface area contributed by atoms with E-state index in [2.05, 4.69) is 17.6 Å². The summed E-state index contributed by atoms with van der Waals surface area (Å²) in [4.78, 5) is 43.0. The second kappa shape index (κ2) is 9.90. The summed E-state index contributed by atoms with van der Waals surface area (Å²) in [6.07, 6.45) is 2.67. The molecule has 0 saturated carbocycles. The predicted molar refractivity (Wildman–Crippen MR) is 140 cm³/mol. The van der Waals surface area contributed by atoms with Crippen molar-refractivity contribution in [2.24, 2.45) is 11.8 Å². The quantitative estimate of drug-likeness (QED) is 0.453. The van der Waals surface area contributed by atoms with Crippen molar-refractivity contribution in [2.75, 3.05) is 18.5 Å². The first-order chi connectivity index (χ1) is 17.4. The van der Waals surface area contributed by atoms with Crippen LogP contribution < -0.4 is 10.6 Å². The first-order valence-electron chi connectivity index (χ1n) is 12.7. The minimum atomic E-state index is -0.640. The maximum Gasteiger partial charge on any atom is 0.244 e. The van der Waals surface area contributed by atoms with Gasteiger partial charge in [0.2, 0.25) is 17.7 Å². The monoisotopic (exact) mass is 507 g/mol. The highest BCUT2D eigenvalue weighted by Gasteiger charge is 2.76. The van der Waals surface area contributed by atoms with E-state index in [1.807, 2.05) is 60.7 Å². The smallest absolute Gasteiger partial charge is 0.244 e. The van der Waals surface area contributed by atoms with Crippen LogP contribution in [-0.2, 0) is 20.9 Å². The summed E-state index contributed by atoms with van der Waals surface area (Å²) in [7, 11) is 0. The van der Waals surface area contributed by atoms with Gasteiger partial charge in [-0.2, -0.15) is 0 Å². The van der Waals surface area contributed by atoms with Crippen LogP contribution in [0.4, 0.5) is 5.69 Å². The molecule has 1 spiro atoms. The maximum atomic E-state index is 14.0. The van der Waals surface area contributed by atoms with Crippen molar-refractivity contribution in [1.82, 2.24) is 10.2 Å². The molecule has 3 amide bonds. The number of carbonyl (C=O) groups is 3. The van der Waals surface area contributed by atoms with Gasteiger partial charge in [0.05, 0.1) is 16.6 Å². The molecule has 3 heterocycles. The SMILES string of the molecule is C[C@]12CCC3(S1)C(C(=O)NCc1ccccc1)N(CCCCO)C(=O)[C@@H]3[C@H]2C(=O)Nc1ccccc1. The van der Waals surface area contributed by atoms with E-state index in [0.29, 0.717) is 31.6 Å². The summed E-state index contributed by atoms with van der Waals surface area (Å²) >= 11 is 1.67. The first-order valence-corrected chi connectivity index (χ1v) is 13.5. The minimum Gasteiger partial charge on any atom is -0.396 e. The molecule has 36 heavy (non-hydrogen) atoms. The summed E-state index contributed by atoms with van der Waals surface area (Å²) in [6, 6.07) is 18.4. The highest BCUT2D eigenvalue weighted by molar-refractivity contribution is 8.02. The van der Waals surface area contributed by atoms with Crippen molar-refractivity contribution in [2.45, 2.75) is 54.7 Å². The number of hydrogen-bond donors (Lipinski definition) is 3.